The highest BCUT2D eigenvalue weighted by molar-refractivity contribution is 5.79. The molecule has 2 bridgehead atoms. The minimum atomic E-state index is 0.0747. The Morgan fingerprint density at radius 3 is 2.11 bits per heavy atom. The lowest BCUT2D eigenvalue weighted by molar-refractivity contribution is -0.135. The van der Waals surface area contributed by atoms with E-state index in [9.17, 15) is 4.79 Å². The van der Waals surface area contributed by atoms with Gasteiger partial charge in [-0.3, -0.25) is 4.79 Å². The predicted octanol–water partition coefficient (Wildman–Crippen LogP) is 3.84. The molecule has 2 aliphatic rings. The SMILES string of the molecule is CC(C)(C)CC(=O)N1C2CCC1c1ccccc12. The van der Waals surface area contributed by atoms with Crippen molar-refractivity contribution in [2.24, 2.45) is 5.41 Å². The number of hydrogen-bond donors (Lipinski definition) is 0. The van der Waals surface area contributed by atoms with Crippen molar-refractivity contribution < 1.29 is 4.79 Å². The Hall–Kier alpha value is -1.31. The van der Waals surface area contributed by atoms with Gasteiger partial charge in [0.15, 0.2) is 0 Å². The van der Waals surface area contributed by atoms with E-state index in [0.29, 0.717) is 24.4 Å². The number of benzene rings is 1. The van der Waals surface area contributed by atoms with Crippen LogP contribution in [0.5, 0.6) is 0 Å². The molecule has 2 atom stereocenters. The molecule has 0 spiro atoms. The Morgan fingerprint density at radius 2 is 1.67 bits per heavy atom. The zero-order valence-electron chi connectivity index (χ0n) is 11.4. The third-order valence-electron chi connectivity index (χ3n) is 4.07. The van der Waals surface area contributed by atoms with Gasteiger partial charge in [0.25, 0.3) is 0 Å². The molecular formula is C16H21NO. The Bertz CT molecular complexity index is 455. The quantitative estimate of drug-likeness (QED) is 0.734. The van der Waals surface area contributed by atoms with E-state index >= 15 is 0 Å². The van der Waals surface area contributed by atoms with Crippen molar-refractivity contribution in [3.8, 4) is 0 Å². The summed E-state index contributed by atoms with van der Waals surface area (Å²) in [6, 6.07) is 9.26. The molecule has 1 amide bonds. The van der Waals surface area contributed by atoms with Crippen molar-refractivity contribution in [3.63, 3.8) is 0 Å². The minimum absolute atomic E-state index is 0.0747. The van der Waals surface area contributed by atoms with Crippen LogP contribution in [0.3, 0.4) is 0 Å². The lowest BCUT2D eigenvalue weighted by atomic mass is 9.91. The number of hydrogen-bond acceptors (Lipinski definition) is 1. The maximum absolute atomic E-state index is 12.5. The first kappa shape index (κ1) is 11.8. The summed E-state index contributed by atoms with van der Waals surface area (Å²) in [7, 11) is 0. The number of amides is 1. The van der Waals surface area contributed by atoms with Crippen LogP contribution in [-0.2, 0) is 4.79 Å². The van der Waals surface area contributed by atoms with Crippen LogP contribution in [-0.4, -0.2) is 10.8 Å². The molecule has 96 valence electrons. The van der Waals surface area contributed by atoms with E-state index in [1.165, 1.54) is 11.1 Å². The maximum atomic E-state index is 12.5. The number of carbonyl (C=O) groups is 1. The van der Waals surface area contributed by atoms with Gasteiger partial charge in [-0.1, -0.05) is 45.0 Å². The van der Waals surface area contributed by atoms with Crippen LogP contribution in [0.15, 0.2) is 24.3 Å². The van der Waals surface area contributed by atoms with Gasteiger partial charge in [0, 0.05) is 6.42 Å². The summed E-state index contributed by atoms with van der Waals surface area (Å²) in [4.78, 5) is 14.7. The molecule has 0 N–H and O–H groups in total. The lowest BCUT2D eigenvalue weighted by Crippen LogP contribution is -2.31. The molecular weight excluding hydrogens is 222 g/mol. The highest BCUT2D eigenvalue weighted by Gasteiger charge is 2.46. The van der Waals surface area contributed by atoms with Gasteiger partial charge in [0.1, 0.15) is 0 Å². The number of nitrogens with zero attached hydrogens (tertiary/aromatic N) is 1. The smallest absolute Gasteiger partial charge is 0.224 e. The fraction of sp³-hybridized carbons (Fsp3) is 0.562. The van der Waals surface area contributed by atoms with Crippen molar-refractivity contribution in [1.82, 2.24) is 4.90 Å². The van der Waals surface area contributed by atoms with Gasteiger partial charge in [-0.05, 0) is 29.4 Å². The van der Waals surface area contributed by atoms with E-state index in [1.807, 2.05) is 0 Å². The van der Waals surface area contributed by atoms with Crippen LogP contribution in [0, 0.1) is 5.41 Å². The van der Waals surface area contributed by atoms with Crippen molar-refractivity contribution >= 4 is 5.91 Å². The van der Waals surface area contributed by atoms with E-state index in [2.05, 4.69) is 49.9 Å². The molecule has 1 saturated heterocycles. The van der Waals surface area contributed by atoms with Crippen LogP contribution in [0.2, 0.25) is 0 Å². The molecule has 0 aliphatic carbocycles. The fourth-order valence-corrected chi connectivity index (χ4v) is 3.43. The van der Waals surface area contributed by atoms with Gasteiger partial charge in [-0.25, -0.2) is 0 Å². The average molecular weight is 243 g/mol. The molecule has 3 rings (SSSR count). The van der Waals surface area contributed by atoms with Gasteiger partial charge in [0.05, 0.1) is 12.1 Å². The Balaban J connectivity index is 1.88. The minimum Gasteiger partial charge on any atom is -0.329 e. The molecule has 18 heavy (non-hydrogen) atoms. The molecule has 2 unspecified atom stereocenters. The summed E-state index contributed by atoms with van der Waals surface area (Å²) < 4.78 is 0. The maximum Gasteiger partial charge on any atom is 0.224 e. The van der Waals surface area contributed by atoms with E-state index in [0.717, 1.165) is 12.8 Å². The van der Waals surface area contributed by atoms with Crippen LogP contribution in [0.4, 0.5) is 0 Å². The van der Waals surface area contributed by atoms with E-state index < -0.39 is 0 Å². The van der Waals surface area contributed by atoms with Crippen LogP contribution in [0.1, 0.15) is 63.2 Å². The van der Waals surface area contributed by atoms with Gasteiger partial charge in [-0.15, -0.1) is 0 Å². The molecule has 0 aromatic heterocycles. The summed E-state index contributed by atoms with van der Waals surface area (Å²) >= 11 is 0. The fourth-order valence-electron chi connectivity index (χ4n) is 3.43. The van der Waals surface area contributed by atoms with Crippen LogP contribution >= 0.6 is 0 Å². The normalized spacial score (nSPS) is 25.4. The van der Waals surface area contributed by atoms with Crippen molar-refractivity contribution in [1.29, 1.82) is 0 Å². The van der Waals surface area contributed by atoms with Gasteiger partial charge in [-0.2, -0.15) is 0 Å². The summed E-state index contributed by atoms with van der Waals surface area (Å²) in [6.45, 7) is 6.40. The standard InChI is InChI=1S/C16H21NO/c1-16(2,3)10-15(18)17-13-8-9-14(17)12-7-5-4-6-11(12)13/h4-7,13-14H,8-10H2,1-3H3. The summed E-state index contributed by atoms with van der Waals surface area (Å²) in [5, 5.41) is 0. The number of fused-ring (bicyclic) bond motifs is 5. The first-order chi connectivity index (χ1) is 8.47. The Morgan fingerprint density at radius 1 is 1.17 bits per heavy atom. The first-order valence-electron chi connectivity index (χ1n) is 6.87. The summed E-state index contributed by atoms with van der Waals surface area (Å²) in [5.41, 5.74) is 2.85. The Labute approximate surface area is 109 Å². The summed E-state index contributed by atoms with van der Waals surface area (Å²) in [5.74, 6) is 0.325. The third kappa shape index (κ3) is 1.75. The second-order valence-electron chi connectivity index (χ2n) is 6.78. The van der Waals surface area contributed by atoms with Crippen molar-refractivity contribution in [2.75, 3.05) is 0 Å². The van der Waals surface area contributed by atoms with Crippen molar-refractivity contribution in [3.05, 3.63) is 35.4 Å². The summed E-state index contributed by atoms with van der Waals surface area (Å²) in [6.07, 6.45) is 2.92. The molecule has 0 saturated carbocycles. The topological polar surface area (TPSA) is 20.3 Å². The molecule has 2 heteroatoms. The molecule has 2 aliphatic heterocycles. The average Bonchev–Trinajstić information content (AvgIpc) is 2.83. The Kier molecular flexibility index (Phi) is 2.51. The van der Waals surface area contributed by atoms with Crippen LogP contribution in [0.25, 0.3) is 0 Å². The van der Waals surface area contributed by atoms with Crippen LogP contribution < -0.4 is 0 Å². The zero-order valence-corrected chi connectivity index (χ0v) is 11.4. The lowest BCUT2D eigenvalue weighted by Gasteiger charge is -2.27. The van der Waals surface area contributed by atoms with E-state index in [-0.39, 0.29) is 5.41 Å². The predicted molar refractivity (Wildman–Crippen MR) is 72.1 cm³/mol. The first-order valence-corrected chi connectivity index (χ1v) is 6.87. The zero-order chi connectivity index (χ0) is 12.9. The molecule has 1 fully saturated rings. The third-order valence-corrected chi connectivity index (χ3v) is 4.07. The molecule has 2 nitrogen and oxygen atoms in total. The molecule has 1 aromatic rings. The number of rotatable bonds is 1. The number of carbonyl (C=O) groups excluding carboxylic acids is 1. The largest absolute Gasteiger partial charge is 0.329 e. The van der Waals surface area contributed by atoms with Crippen molar-refractivity contribution in [2.45, 2.75) is 52.1 Å². The van der Waals surface area contributed by atoms with E-state index in [1.54, 1.807) is 0 Å². The molecule has 1 aromatic carbocycles. The second kappa shape index (κ2) is 3.84. The van der Waals surface area contributed by atoms with Gasteiger partial charge in [0.2, 0.25) is 5.91 Å². The van der Waals surface area contributed by atoms with Gasteiger partial charge >= 0.3 is 0 Å². The highest BCUT2D eigenvalue weighted by Crippen LogP contribution is 2.53. The molecule has 0 radical (unpaired) electrons. The van der Waals surface area contributed by atoms with Gasteiger partial charge < -0.3 is 4.90 Å². The monoisotopic (exact) mass is 243 g/mol. The molecule has 2 heterocycles. The second-order valence-corrected chi connectivity index (χ2v) is 6.78. The van der Waals surface area contributed by atoms with E-state index in [4.69, 9.17) is 0 Å². The highest BCUT2D eigenvalue weighted by atomic mass is 16.2.